The highest BCUT2D eigenvalue weighted by Crippen LogP contribution is 2.28. The molecule has 1 saturated carbocycles. The molecule has 1 heterocycles. The van der Waals surface area contributed by atoms with Gasteiger partial charge in [-0.15, -0.1) is 6.58 Å². The predicted octanol–water partition coefficient (Wildman–Crippen LogP) is 2.85. The average Bonchev–Trinajstić information content (AvgIpc) is 2.89. The Morgan fingerprint density at radius 2 is 2.16 bits per heavy atom. The van der Waals surface area contributed by atoms with E-state index in [2.05, 4.69) is 11.6 Å². The van der Waals surface area contributed by atoms with Gasteiger partial charge < -0.3 is 0 Å². The molecule has 1 aromatic heterocycles. The number of aromatic nitrogens is 1. The third-order valence-electron chi connectivity index (χ3n) is 3.35. The van der Waals surface area contributed by atoms with Gasteiger partial charge in [-0.3, -0.25) is 0 Å². The Morgan fingerprint density at radius 1 is 1.47 bits per heavy atom. The van der Waals surface area contributed by atoms with Gasteiger partial charge in [-0.2, -0.15) is 4.31 Å². The molecule has 19 heavy (non-hydrogen) atoms. The van der Waals surface area contributed by atoms with Crippen molar-refractivity contribution in [3.05, 3.63) is 36.1 Å². The van der Waals surface area contributed by atoms with Crippen molar-refractivity contribution in [2.45, 2.75) is 36.6 Å². The summed E-state index contributed by atoms with van der Waals surface area (Å²) in [5.41, 5.74) is 0. The molecule has 0 atom stereocenters. The van der Waals surface area contributed by atoms with Crippen molar-refractivity contribution in [2.75, 3.05) is 6.54 Å². The summed E-state index contributed by atoms with van der Waals surface area (Å²) in [5.74, 6) is 0. The molecule has 0 radical (unpaired) electrons. The first-order valence-corrected chi connectivity index (χ1v) is 8.12. The summed E-state index contributed by atoms with van der Waals surface area (Å²) < 4.78 is 26.8. The lowest BCUT2D eigenvalue weighted by Crippen LogP contribution is -2.38. The molecule has 4 nitrogen and oxygen atoms in total. The van der Waals surface area contributed by atoms with Gasteiger partial charge in [-0.25, -0.2) is 13.4 Å². The van der Waals surface area contributed by atoms with E-state index in [0.29, 0.717) is 6.54 Å². The van der Waals surface area contributed by atoms with Gasteiger partial charge >= 0.3 is 0 Å². The lowest BCUT2D eigenvalue weighted by molar-refractivity contribution is 0.347. The lowest BCUT2D eigenvalue weighted by atomic mass is 10.2. The highest BCUT2D eigenvalue weighted by atomic mass is 35.5. The zero-order chi connectivity index (χ0) is 13.9. The number of halogens is 1. The molecule has 1 aliphatic rings. The maximum absolute atomic E-state index is 12.7. The lowest BCUT2D eigenvalue weighted by Gasteiger charge is -2.26. The molecule has 2 rings (SSSR count). The average molecular weight is 301 g/mol. The van der Waals surface area contributed by atoms with E-state index < -0.39 is 10.0 Å². The van der Waals surface area contributed by atoms with Crippen molar-refractivity contribution in [3.8, 4) is 0 Å². The van der Waals surface area contributed by atoms with Crippen LogP contribution in [-0.2, 0) is 10.0 Å². The molecule has 0 amide bonds. The quantitative estimate of drug-likeness (QED) is 0.620. The van der Waals surface area contributed by atoms with E-state index in [1.807, 2.05) is 0 Å². The predicted molar refractivity (Wildman–Crippen MR) is 75.6 cm³/mol. The molecule has 0 unspecified atom stereocenters. The first kappa shape index (κ1) is 14.5. The minimum Gasteiger partial charge on any atom is -0.244 e. The third-order valence-corrected chi connectivity index (χ3v) is 5.47. The molecule has 1 fully saturated rings. The van der Waals surface area contributed by atoms with Gasteiger partial charge in [0.05, 0.1) is 4.90 Å². The fraction of sp³-hybridized carbons (Fsp3) is 0.462. The topological polar surface area (TPSA) is 50.3 Å². The van der Waals surface area contributed by atoms with Crippen LogP contribution in [0.5, 0.6) is 0 Å². The van der Waals surface area contributed by atoms with Gasteiger partial charge in [0.2, 0.25) is 10.0 Å². The van der Waals surface area contributed by atoms with Crippen molar-refractivity contribution in [2.24, 2.45) is 0 Å². The molecule has 0 saturated heterocycles. The van der Waals surface area contributed by atoms with E-state index in [9.17, 15) is 8.42 Å². The van der Waals surface area contributed by atoms with E-state index in [0.717, 1.165) is 25.7 Å². The molecule has 0 aromatic carbocycles. The third kappa shape index (κ3) is 3.16. The van der Waals surface area contributed by atoms with Gasteiger partial charge in [0.1, 0.15) is 5.15 Å². The number of hydrogen-bond donors (Lipinski definition) is 0. The van der Waals surface area contributed by atoms with Crippen LogP contribution in [0, 0.1) is 0 Å². The van der Waals surface area contributed by atoms with Crippen LogP contribution >= 0.6 is 11.6 Å². The second-order valence-corrected chi connectivity index (χ2v) is 6.89. The van der Waals surface area contributed by atoms with E-state index in [1.165, 1.54) is 22.6 Å². The SMILES string of the molecule is C=CCN(C1CCCC1)S(=O)(=O)c1ccnc(Cl)c1. The monoisotopic (exact) mass is 300 g/mol. The Hall–Kier alpha value is -0.910. The minimum absolute atomic E-state index is 0.0648. The molecule has 1 aliphatic carbocycles. The van der Waals surface area contributed by atoms with Crippen molar-refractivity contribution < 1.29 is 8.42 Å². The molecule has 0 aliphatic heterocycles. The molecular formula is C13H17ClN2O2S. The molecule has 6 heteroatoms. The summed E-state index contributed by atoms with van der Waals surface area (Å²) in [4.78, 5) is 4.01. The van der Waals surface area contributed by atoms with Crippen LogP contribution < -0.4 is 0 Å². The Balaban J connectivity index is 2.36. The van der Waals surface area contributed by atoms with Gasteiger partial charge in [-0.1, -0.05) is 30.5 Å². The Morgan fingerprint density at radius 3 is 2.74 bits per heavy atom. The number of hydrogen-bond acceptors (Lipinski definition) is 3. The van der Waals surface area contributed by atoms with Gasteiger partial charge in [0, 0.05) is 18.8 Å². The largest absolute Gasteiger partial charge is 0.244 e. The molecule has 0 N–H and O–H groups in total. The first-order valence-electron chi connectivity index (χ1n) is 6.30. The zero-order valence-corrected chi connectivity index (χ0v) is 12.2. The van der Waals surface area contributed by atoms with Crippen LogP contribution in [0.3, 0.4) is 0 Å². The summed E-state index contributed by atoms with van der Waals surface area (Å²) in [5, 5.41) is 0.186. The van der Waals surface area contributed by atoms with Crippen LogP contribution in [-0.4, -0.2) is 30.3 Å². The minimum atomic E-state index is -3.53. The second-order valence-electron chi connectivity index (χ2n) is 4.62. The highest BCUT2D eigenvalue weighted by Gasteiger charge is 2.32. The Kier molecular flexibility index (Phi) is 4.60. The van der Waals surface area contributed by atoms with E-state index in [1.54, 1.807) is 6.08 Å². The molecule has 1 aromatic rings. The summed E-state index contributed by atoms with van der Waals surface area (Å²) in [6.07, 6.45) is 7.00. The maximum Gasteiger partial charge on any atom is 0.243 e. The van der Waals surface area contributed by atoms with Gasteiger partial charge in [0.25, 0.3) is 0 Å². The van der Waals surface area contributed by atoms with E-state index >= 15 is 0 Å². The highest BCUT2D eigenvalue weighted by molar-refractivity contribution is 7.89. The van der Waals surface area contributed by atoms with Gasteiger partial charge in [-0.05, 0) is 25.0 Å². The summed E-state index contributed by atoms with van der Waals surface area (Å²) in [7, 11) is -3.53. The zero-order valence-electron chi connectivity index (χ0n) is 10.6. The Labute approximate surface area is 119 Å². The number of rotatable bonds is 5. The Bertz CT molecular complexity index is 554. The van der Waals surface area contributed by atoms with Crippen molar-refractivity contribution in [1.82, 2.24) is 9.29 Å². The first-order chi connectivity index (χ1) is 9.05. The van der Waals surface area contributed by atoms with Crippen LogP contribution in [0.25, 0.3) is 0 Å². The number of pyridine rings is 1. The standard InChI is InChI=1S/C13H17ClN2O2S/c1-2-9-16(11-5-3-4-6-11)19(17,18)12-7-8-15-13(14)10-12/h2,7-8,10-11H,1,3-6,9H2. The summed E-state index contributed by atoms with van der Waals surface area (Å²) in [6.45, 7) is 3.98. The van der Waals surface area contributed by atoms with Crippen LogP contribution in [0.15, 0.2) is 35.9 Å². The molecular weight excluding hydrogens is 284 g/mol. The second kappa shape index (κ2) is 6.03. The van der Waals surface area contributed by atoms with Gasteiger partial charge in [0.15, 0.2) is 0 Å². The molecule has 0 bridgehead atoms. The number of nitrogens with zero attached hydrogens (tertiary/aromatic N) is 2. The normalized spacial score (nSPS) is 16.9. The fourth-order valence-electron chi connectivity index (χ4n) is 2.44. The maximum atomic E-state index is 12.7. The van der Waals surface area contributed by atoms with Crippen LogP contribution in [0.1, 0.15) is 25.7 Å². The van der Waals surface area contributed by atoms with E-state index in [4.69, 9.17) is 11.6 Å². The molecule has 104 valence electrons. The number of sulfonamides is 1. The summed E-state index contributed by atoms with van der Waals surface area (Å²) >= 11 is 5.78. The van der Waals surface area contributed by atoms with Crippen LogP contribution in [0.4, 0.5) is 0 Å². The fourth-order valence-corrected chi connectivity index (χ4v) is 4.35. The summed E-state index contributed by atoms with van der Waals surface area (Å²) in [6, 6.07) is 2.93. The van der Waals surface area contributed by atoms with Crippen molar-refractivity contribution >= 4 is 21.6 Å². The van der Waals surface area contributed by atoms with Crippen molar-refractivity contribution in [3.63, 3.8) is 0 Å². The van der Waals surface area contributed by atoms with Crippen LogP contribution in [0.2, 0.25) is 5.15 Å². The smallest absolute Gasteiger partial charge is 0.243 e. The van der Waals surface area contributed by atoms with Crippen molar-refractivity contribution in [1.29, 1.82) is 0 Å². The molecule has 0 spiro atoms. The van der Waals surface area contributed by atoms with E-state index in [-0.39, 0.29) is 16.1 Å².